The molecule has 1 aliphatic heterocycles. The summed E-state index contributed by atoms with van der Waals surface area (Å²) in [6.07, 6.45) is 0. The lowest BCUT2D eigenvalue weighted by atomic mass is 10.0. The predicted octanol–water partition coefficient (Wildman–Crippen LogP) is 3.58. The second kappa shape index (κ2) is 6.11. The minimum Gasteiger partial charge on any atom is -0.497 e. The lowest BCUT2D eigenvalue weighted by Crippen LogP contribution is -2.30. The molecule has 0 fully saturated rings. The molecule has 0 saturated heterocycles. The van der Waals surface area contributed by atoms with Crippen LogP contribution < -0.4 is 10.5 Å². The average Bonchev–Trinajstić information content (AvgIpc) is 2.94. The molecule has 2 aromatic rings. The number of fused-ring (bicyclic) bond motifs is 1. The second-order valence-electron chi connectivity index (χ2n) is 6.02. The van der Waals surface area contributed by atoms with E-state index in [4.69, 9.17) is 10.5 Å². The topological polar surface area (TPSA) is 38.5 Å². The summed E-state index contributed by atoms with van der Waals surface area (Å²) < 4.78 is 5.25. The first-order valence-corrected chi connectivity index (χ1v) is 7.84. The summed E-state index contributed by atoms with van der Waals surface area (Å²) in [6.45, 7) is 6.06. The van der Waals surface area contributed by atoms with Crippen LogP contribution >= 0.6 is 0 Å². The summed E-state index contributed by atoms with van der Waals surface area (Å²) in [5, 5.41) is 0. The van der Waals surface area contributed by atoms with E-state index in [0.29, 0.717) is 18.6 Å². The van der Waals surface area contributed by atoms with Crippen LogP contribution in [0.1, 0.15) is 41.3 Å². The van der Waals surface area contributed by atoms with E-state index < -0.39 is 0 Å². The molecule has 0 radical (unpaired) electrons. The SMILES string of the molecule is COc1ccc(C(C)N2Cc3c(C)cccc3C2CN)cc1. The maximum atomic E-state index is 6.09. The molecule has 2 aromatic carbocycles. The van der Waals surface area contributed by atoms with Gasteiger partial charge in [-0.25, -0.2) is 0 Å². The van der Waals surface area contributed by atoms with Crippen molar-refractivity contribution in [2.75, 3.05) is 13.7 Å². The van der Waals surface area contributed by atoms with Crippen LogP contribution in [0.2, 0.25) is 0 Å². The molecule has 2 atom stereocenters. The van der Waals surface area contributed by atoms with E-state index in [1.807, 2.05) is 12.1 Å². The third-order valence-electron chi connectivity index (χ3n) is 4.87. The fourth-order valence-corrected chi connectivity index (χ4v) is 3.47. The van der Waals surface area contributed by atoms with Gasteiger partial charge in [0.2, 0.25) is 0 Å². The van der Waals surface area contributed by atoms with Crippen molar-refractivity contribution in [1.29, 1.82) is 0 Å². The fraction of sp³-hybridized carbons (Fsp3) is 0.368. The molecule has 0 aromatic heterocycles. The highest BCUT2D eigenvalue weighted by atomic mass is 16.5. The minimum absolute atomic E-state index is 0.298. The number of rotatable bonds is 4. The maximum absolute atomic E-state index is 6.09. The van der Waals surface area contributed by atoms with Crippen molar-refractivity contribution in [3.05, 3.63) is 64.7 Å². The largest absolute Gasteiger partial charge is 0.497 e. The minimum atomic E-state index is 0.298. The first-order chi connectivity index (χ1) is 10.7. The zero-order valence-electron chi connectivity index (χ0n) is 13.5. The number of ether oxygens (including phenoxy) is 1. The molecule has 3 heteroatoms. The third kappa shape index (κ3) is 2.51. The summed E-state index contributed by atoms with van der Waals surface area (Å²) in [7, 11) is 1.70. The van der Waals surface area contributed by atoms with E-state index in [1.54, 1.807) is 7.11 Å². The number of hydrogen-bond acceptors (Lipinski definition) is 3. The molecule has 0 amide bonds. The third-order valence-corrected chi connectivity index (χ3v) is 4.87. The zero-order valence-corrected chi connectivity index (χ0v) is 13.5. The summed E-state index contributed by atoms with van der Waals surface area (Å²) in [6, 6.07) is 15.5. The van der Waals surface area contributed by atoms with Crippen molar-refractivity contribution in [2.24, 2.45) is 5.73 Å². The van der Waals surface area contributed by atoms with Crippen molar-refractivity contribution in [2.45, 2.75) is 32.5 Å². The quantitative estimate of drug-likeness (QED) is 0.937. The van der Waals surface area contributed by atoms with Gasteiger partial charge in [-0.15, -0.1) is 0 Å². The fourth-order valence-electron chi connectivity index (χ4n) is 3.47. The molecule has 0 saturated carbocycles. The standard InChI is InChI=1S/C19H24N2O/c1-13-5-4-6-17-18(13)12-21(19(17)11-20)14(2)15-7-9-16(22-3)10-8-15/h4-10,14,19H,11-12,20H2,1-3H3. The maximum Gasteiger partial charge on any atom is 0.118 e. The van der Waals surface area contributed by atoms with Crippen molar-refractivity contribution in [3.8, 4) is 5.75 Å². The Labute approximate surface area is 132 Å². The van der Waals surface area contributed by atoms with Crippen LogP contribution in [0.25, 0.3) is 0 Å². The van der Waals surface area contributed by atoms with E-state index in [9.17, 15) is 0 Å². The first kappa shape index (κ1) is 15.1. The highest BCUT2D eigenvalue weighted by Crippen LogP contribution is 2.40. The summed E-state index contributed by atoms with van der Waals surface area (Å²) in [5.74, 6) is 0.895. The van der Waals surface area contributed by atoms with Crippen LogP contribution in [-0.2, 0) is 6.54 Å². The van der Waals surface area contributed by atoms with Crippen LogP contribution in [0, 0.1) is 6.92 Å². The van der Waals surface area contributed by atoms with Crippen LogP contribution in [-0.4, -0.2) is 18.6 Å². The van der Waals surface area contributed by atoms with Gasteiger partial charge in [0, 0.05) is 25.2 Å². The van der Waals surface area contributed by atoms with E-state index in [-0.39, 0.29) is 0 Å². The molecule has 2 unspecified atom stereocenters. The van der Waals surface area contributed by atoms with Crippen LogP contribution in [0.5, 0.6) is 5.75 Å². The molecule has 1 heterocycles. The Morgan fingerprint density at radius 1 is 1.23 bits per heavy atom. The van der Waals surface area contributed by atoms with Crippen molar-refractivity contribution in [3.63, 3.8) is 0 Å². The van der Waals surface area contributed by atoms with E-state index >= 15 is 0 Å². The van der Waals surface area contributed by atoms with Crippen molar-refractivity contribution < 1.29 is 4.74 Å². The van der Waals surface area contributed by atoms with Gasteiger partial charge < -0.3 is 10.5 Å². The number of hydrogen-bond donors (Lipinski definition) is 1. The molecule has 2 N–H and O–H groups in total. The van der Waals surface area contributed by atoms with Gasteiger partial charge >= 0.3 is 0 Å². The lowest BCUT2D eigenvalue weighted by Gasteiger charge is -2.30. The van der Waals surface area contributed by atoms with E-state index in [1.165, 1.54) is 22.3 Å². The Morgan fingerprint density at radius 2 is 1.95 bits per heavy atom. The predicted molar refractivity (Wildman–Crippen MR) is 89.9 cm³/mol. The molecule has 3 nitrogen and oxygen atoms in total. The molecule has 1 aliphatic rings. The highest BCUT2D eigenvalue weighted by Gasteiger charge is 2.33. The van der Waals surface area contributed by atoms with Gasteiger partial charge in [-0.2, -0.15) is 0 Å². The Morgan fingerprint density at radius 3 is 2.59 bits per heavy atom. The van der Waals surface area contributed by atoms with Gasteiger partial charge in [0.15, 0.2) is 0 Å². The van der Waals surface area contributed by atoms with Crippen molar-refractivity contribution >= 4 is 0 Å². The van der Waals surface area contributed by atoms with E-state index in [2.05, 4.69) is 49.1 Å². The van der Waals surface area contributed by atoms with Crippen LogP contribution in [0.15, 0.2) is 42.5 Å². The van der Waals surface area contributed by atoms with Crippen LogP contribution in [0.3, 0.4) is 0 Å². The average molecular weight is 296 g/mol. The van der Waals surface area contributed by atoms with Gasteiger partial charge in [-0.3, -0.25) is 4.90 Å². The summed E-state index contributed by atoms with van der Waals surface area (Å²) >= 11 is 0. The van der Waals surface area contributed by atoms with Gasteiger partial charge in [0.05, 0.1) is 7.11 Å². The second-order valence-corrected chi connectivity index (χ2v) is 6.02. The Kier molecular flexibility index (Phi) is 4.19. The first-order valence-electron chi connectivity index (χ1n) is 7.84. The molecule has 0 aliphatic carbocycles. The molecular weight excluding hydrogens is 272 g/mol. The van der Waals surface area contributed by atoms with Crippen molar-refractivity contribution in [1.82, 2.24) is 4.90 Å². The number of nitrogens with zero attached hydrogens (tertiary/aromatic N) is 1. The van der Waals surface area contributed by atoms with Crippen LogP contribution in [0.4, 0.5) is 0 Å². The Bertz CT molecular complexity index is 651. The Hall–Kier alpha value is -1.84. The molecule has 3 rings (SSSR count). The smallest absolute Gasteiger partial charge is 0.118 e. The monoisotopic (exact) mass is 296 g/mol. The molecule has 0 bridgehead atoms. The Balaban J connectivity index is 1.89. The summed E-state index contributed by atoms with van der Waals surface area (Å²) in [5.41, 5.74) is 11.6. The molecule has 0 spiro atoms. The van der Waals surface area contributed by atoms with Gasteiger partial charge in [-0.05, 0) is 48.2 Å². The normalized spacial score (nSPS) is 19.0. The lowest BCUT2D eigenvalue weighted by molar-refractivity contribution is 0.161. The zero-order chi connectivity index (χ0) is 15.7. The van der Waals surface area contributed by atoms with E-state index in [0.717, 1.165) is 12.3 Å². The highest BCUT2D eigenvalue weighted by molar-refractivity contribution is 5.41. The number of aryl methyl sites for hydroxylation is 1. The van der Waals surface area contributed by atoms with Gasteiger partial charge in [0.25, 0.3) is 0 Å². The number of benzene rings is 2. The van der Waals surface area contributed by atoms with Gasteiger partial charge in [-0.1, -0.05) is 30.3 Å². The number of nitrogens with two attached hydrogens (primary N) is 1. The summed E-state index contributed by atoms with van der Waals surface area (Å²) in [4.78, 5) is 2.50. The molecule has 116 valence electrons. The molecular formula is C19H24N2O. The van der Waals surface area contributed by atoms with Gasteiger partial charge in [0.1, 0.15) is 5.75 Å². The number of methoxy groups -OCH3 is 1. The molecule has 22 heavy (non-hydrogen) atoms.